The smallest absolute Gasteiger partial charge is 0.433 e. The molecule has 2 atom stereocenters. The number of carboxylic acid groups (broad SMARTS) is 1. The summed E-state index contributed by atoms with van der Waals surface area (Å²) in [5.74, 6) is -1.76. The largest absolute Gasteiger partial charge is 0.481 e. The van der Waals surface area contributed by atoms with Crippen molar-refractivity contribution in [3.63, 3.8) is 0 Å². The Hall–Kier alpha value is -2.68. The lowest BCUT2D eigenvalue weighted by Crippen LogP contribution is -2.57. The van der Waals surface area contributed by atoms with Gasteiger partial charge in [-0.1, -0.05) is 18.2 Å². The second kappa shape index (κ2) is 7.38. The first-order valence-electron chi connectivity index (χ1n) is 8.57. The lowest BCUT2D eigenvalue weighted by molar-refractivity contribution is -0.157. The molecule has 1 aliphatic rings. The molecule has 2 N–H and O–H groups in total. The van der Waals surface area contributed by atoms with Crippen LogP contribution in [-0.4, -0.2) is 40.4 Å². The summed E-state index contributed by atoms with van der Waals surface area (Å²) in [6.45, 7) is -0.0664. The first kappa shape index (κ1) is 20.1. The van der Waals surface area contributed by atoms with E-state index in [1.807, 2.05) is 0 Å². The van der Waals surface area contributed by atoms with Crippen LogP contribution >= 0.6 is 0 Å². The molecule has 0 amide bonds. The molecule has 0 saturated carbocycles. The molecule has 2 aromatic rings. The topological polar surface area (TPSA) is 73.7 Å². The van der Waals surface area contributed by atoms with E-state index in [-0.39, 0.29) is 31.7 Å². The summed E-state index contributed by atoms with van der Waals surface area (Å²) in [4.78, 5) is 17.1. The van der Waals surface area contributed by atoms with Crippen LogP contribution in [0.25, 0.3) is 0 Å². The molecule has 0 aliphatic carbocycles. The quantitative estimate of drug-likeness (QED) is 0.775. The molecule has 0 bridgehead atoms. The van der Waals surface area contributed by atoms with Gasteiger partial charge in [-0.2, -0.15) is 13.2 Å². The fourth-order valence-corrected chi connectivity index (χ4v) is 3.46. The highest BCUT2D eigenvalue weighted by Gasteiger charge is 2.49. The summed E-state index contributed by atoms with van der Waals surface area (Å²) in [5.41, 5.74) is -2.23. The van der Waals surface area contributed by atoms with E-state index in [2.05, 4.69) is 4.98 Å². The number of hydrogen-bond acceptors (Lipinski definition) is 4. The normalized spacial score (nSPS) is 22.9. The number of alkyl halides is 3. The Morgan fingerprint density at radius 3 is 2.50 bits per heavy atom. The Labute approximate surface area is 158 Å². The van der Waals surface area contributed by atoms with E-state index in [0.717, 1.165) is 6.07 Å². The maximum atomic E-state index is 13.1. The van der Waals surface area contributed by atoms with E-state index in [4.69, 9.17) is 0 Å². The molecule has 150 valence electrons. The van der Waals surface area contributed by atoms with E-state index in [1.54, 1.807) is 0 Å². The van der Waals surface area contributed by atoms with Crippen molar-refractivity contribution in [2.24, 2.45) is 5.41 Å². The van der Waals surface area contributed by atoms with Crippen molar-refractivity contribution >= 4 is 11.8 Å². The van der Waals surface area contributed by atoms with Gasteiger partial charge in [0.15, 0.2) is 0 Å². The number of aliphatic carboxylic acids is 1. The summed E-state index contributed by atoms with van der Waals surface area (Å²) in [5, 5.41) is 20.3. The number of anilines is 1. The van der Waals surface area contributed by atoms with Crippen molar-refractivity contribution in [3.8, 4) is 0 Å². The highest BCUT2D eigenvalue weighted by molar-refractivity contribution is 5.77. The van der Waals surface area contributed by atoms with Crippen molar-refractivity contribution < 1.29 is 32.6 Å². The highest BCUT2D eigenvalue weighted by Crippen LogP contribution is 2.37. The predicted molar refractivity (Wildman–Crippen MR) is 92.2 cm³/mol. The third-order valence-electron chi connectivity index (χ3n) is 4.99. The Balaban J connectivity index is 1.93. The fraction of sp³-hybridized carbons (Fsp3) is 0.368. The monoisotopic (exact) mass is 398 g/mol. The fourth-order valence-electron chi connectivity index (χ4n) is 3.46. The number of piperidine rings is 1. The maximum absolute atomic E-state index is 13.1. The number of halogens is 4. The zero-order chi connectivity index (χ0) is 20.5. The molecule has 9 heteroatoms. The third-order valence-corrected chi connectivity index (χ3v) is 4.99. The third kappa shape index (κ3) is 3.94. The van der Waals surface area contributed by atoms with Crippen LogP contribution in [0.4, 0.5) is 23.4 Å². The summed E-state index contributed by atoms with van der Waals surface area (Å²) in [6, 6.07) is 8.64. The van der Waals surface area contributed by atoms with Crippen molar-refractivity contribution in [1.29, 1.82) is 0 Å². The minimum absolute atomic E-state index is 0.00791. The minimum Gasteiger partial charge on any atom is -0.481 e. The van der Waals surface area contributed by atoms with Gasteiger partial charge < -0.3 is 15.1 Å². The van der Waals surface area contributed by atoms with Crippen LogP contribution in [0.15, 0.2) is 42.5 Å². The summed E-state index contributed by atoms with van der Waals surface area (Å²) in [6.07, 6.45) is -5.88. The molecule has 0 spiro atoms. The maximum Gasteiger partial charge on any atom is 0.433 e. The molecule has 28 heavy (non-hydrogen) atoms. The molecule has 1 saturated heterocycles. The number of aliphatic hydroxyl groups excluding tert-OH is 1. The number of nitrogens with zero attached hydrogens (tertiary/aromatic N) is 2. The number of aliphatic hydroxyl groups is 1. The van der Waals surface area contributed by atoms with E-state index < -0.39 is 35.2 Å². The highest BCUT2D eigenvalue weighted by atomic mass is 19.4. The number of carbonyl (C=O) groups is 1. The second-order valence-corrected chi connectivity index (χ2v) is 6.87. The number of rotatable bonds is 4. The number of aromatic nitrogens is 1. The van der Waals surface area contributed by atoms with Crippen LogP contribution in [0, 0.1) is 11.2 Å². The molecular formula is C19H18F4N2O3. The number of hydrogen-bond donors (Lipinski definition) is 2. The van der Waals surface area contributed by atoms with Crippen LogP contribution in [0.3, 0.4) is 0 Å². The Morgan fingerprint density at radius 2 is 1.89 bits per heavy atom. The average Bonchev–Trinajstić information content (AvgIpc) is 2.64. The van der Waals surface area contributed by atoms with Crippen LogP contribution < -0.4 is 4.90 Å². The first-order chi connectivity index (χ1) is 13.1. The van der Waals surface area contributed by atoms with Gasteiger partial charge in [0, 0.05) is 13.1 Å². The molecule has 1 fully saturated rings. The van der Waals surface area contributed by atoms with Crippen molar-refractivity contribution in [2.45, 2.75) is 25.1 Å². The van der Waals surface area contributed by atoms with Crippen LogP contribution in [-0.2, 0) is 17.4 Å². The molecule has 2 heterocycles. The van der Waals surface area contributed by atoms with E-state index in [1.165, 1.54) is 41.3 Å². The summed E-state index contributed by atoms with van der Waals surface area (Å²) >= 11 is 0. The lowest BCUT2D eigenvalue weighted by Gasteiger charge is -2.44. The van der Waals surface area contributed by atoms with Crippen molar-refractivity contribution in [1.82, 2.24) is 4.98 Å². The minimum atomic E-state index is -4.62. The molecule has 3 rings (SSSR count). The molecule has 1 aromatic heterocycles. The van der Waals surface area contributed by atoms with E-state index in [0.29, 0.717) is 5.56 Å². The number of pyridine rings is 1. The van der Waals surface area contributed by atoms with Crippen LogP contribution in [0.1, 0.15) is 17.7 Å². The molecule has 5 nitrogen and oxygen atoms in total. The van der Waals surface area contributed by atoms with Gasteiger partial charge in [-0.25, -0.2) is 9.37 Å². The molecule has 0 unspecified atom stereocenters. The van der Waals surface area contributed by atoms with E-state index in [9.17, 15) is 32.6 Å². The summed E-state index contributed by atoms with van der Waals surface area (Å²) in [7, 11) is 0. The van der Waals surface area contributed by atoms with Gasteiger partial charge in [0.1, 0.15) is 22.7 Å². The SMILES string of the molecule is O=C(O)[C@]1(Cc2ccc(F)cc2)CN(c2cccc(C(F)(F)F)n2)CC[C@H]1O. The van der Waals surface area contributed by atoms with Gasteiger partial charge in [-0.05, 0) is 42.7 Å². The zero-order valence-corrected chi connectivity index (χ0v) is 14.7. The Bertz CT molecular complexity index is 857. The Morgan fingerprint density at radius 1 is 1.21 bits per heavy atom. The number of benzene rings is 1. The van der Waals surface area contributed by atoms with Crippen LogP contribution in [0.5, 0.6) is 0 Å². The molecule has 1 aliphatic heterocycles. The van der Waals surface area contributed by atoms with Crippen LogP contribution in [0.2, 0.25) is 0 Å². The van der Waals surface area contributed by atoms with Gasteiger partial charge >= 0.3 is 12.1 Å². The van der Waals surface area contributed by atoms with Gasteiger partial charge in [0.25, 0.3) is 0 Å². The van der Waals surface area contributed by atoms with E-state index >= 15 is 0 Å². The van der Waals surface area contributed by atoms with Gasteiger partial charge in [0.2, 0.25) is 0 Å². The molecule has 0 radical (unpaired) electrons. The standard InChI is InChI=1S/C19H18F4N2O3/c20-13-6-4-12(5-7-13)10-18(17(27)28)11-25(9-8-15(18)26)16-3-1-2-14(24-16)19(21,22)23/h1-7,15,26H,8-11H2,(H,27,28)/t15-,18-/m1/s1. The second-order valence-electron chi connectivity index (χ2n) is 6.87. The van der Waals surface area contributed by atoms with Gasteiger partial charge in [-0.3, -0.25) is 4.79 Å². The lowest BCUT2D eigenvalue weighted by atomic mass is 9.73. The number of carboxylic acids is 1. The Kier molecular flexibility index (Phi) is 5.29. The predicted octanol–water partition coefficient (Wildman–Crippen LogP) is 3.12. The van der Waals surface area contributed by atoms with Gasteiger partial charge in [0.05, 0.1) is 6.10 Å². The van der Waals surface area contributed by atoms with Gasteiger partial charge in [-0.15, -0.1) is 0 Å². The molecular weight excluding hydrogens is 380 g/mol. The molecule has 1 aromatic carbocycles. The first-order valence-corrected chi connectivity index (χ1v) is 8.57. The summed E-state index contributed by atoms with van der Waals surface area (Å²) < 4.78 is 52.0. The zero-order valence-electron chi connectivity index (χ0n) is 14.7. The van der Waals surface area contributed by atoms with Crippen molar-refractivity contribution in [3.05, 3.63) is 59.5 Å². The average molecular weight is 398 g/mol. The van der Waals surface area contributed by atoms with Crippen molar-refractivity contribution in [2.75, 3.05) is 18.0 Å².